The molecule has 0 heterocycles. The molecule has 0 spiro atoms. The molecule has 0 aliphatic heterocycles. The van der Waals surface area contributed by atoms with Crippen LogP contribution in [0, 0.1) is 23.7 Å². The van der Waals surface area contributed by atoms with Gasteiger partial charge >= 0.3 is 0 Å². The lowest BCUT2D eigenvalue weighted by Gasteiger charge is -2.31. The van der Waals surface area contributed by atoms with Gasteiger partial charge < -0.3 is 4.74 Å². The summed E-state index contributed by atoms with van der Waals surface area (Å²) in [6, 6.07) is 0. The molecule has 2 aliphatic rings. The van der Waals surface area contributed by atoms with Gasteiger partial charge in [-0.15, -0.1) is 0 Å². The first-order valence-corrected chi connectivity index (χ1v) is 5.78. The molecule has 0 saturated heterocycles. The van der Waals surface area contributed by atoms with Crippen LogP contribution in [0.3, 0.4) is 0 Å². The Labute approximate surface area is 81.9 Å². The first-order valence-electron chi connectivity index (χ1n) is 5.78. The van der Waals surface area contributed by atoms with Gasteiger partial charge in [-0.25, -0.2) is 0 Å². The monoisotopic (exact) mass is 182 g/mol. The Morgan fingerprint density at radius 3 is 2.62 bits per heavy atom. The molecule has 0 aromatic heterocycles. The third-order valence-corrected chi connectivity index (χ3v) is 4.06. The minimum absolute atomic E-state index is 0.872. The van der Waals surface area contributed by atoms with Crippen molar-refractivity contribution in [2.24, 2.45) is 23.7 Å². The molecule has 0 radical (unpaired) electrons. The summed E-state index contributed by atoms with van der Waals surface area (Å²) in [4.78, 5) is 0. The molecule has 2 saturated carbocycles. The summed E-state index contributed by atoms with van der Waals surface area (Å²) < 4.78 is 5.26. The minimum Gasteiger partial charge on any atom is -0.384 e. The zero-order chi connectivity index (χ0) is 9.26. The maximum absolute atomic E-state index is 5.26. The Balaban J connectivity index is 1.86. The van der Waals surface area contributed by atoms with Gasteiger partial charge in [0.2, 0.25) is 0 Å². The maximum Gasteiger partial charge on any atom is 0.0490 e. The van der Waals surface area contributed by atoms with E-state index in [4.69, 9.17) is 4.74 Å². The van der Waals surface area contributed by atoms with Crippen molar-refractivity contribution in [2.45, 2.75) is 39.0 Å². The van der Waals surface area contributed by atoms with E-state index in [-0.39, 0.29) is 0 Å². The summed E-state index contributed by atoms with van der Waals surface area (Å²) in [5.74, 6) is 3.99. The Kier molecular flexibility index (Phi) is 2.92. The smallest absolute Gasteiger partial charge is 0.0490 e. The van der Waals surface area contributed by atoms with Gasteiger partial charge in [0.05, 0.1) is 0 Å². The van der Waals surface area contributed by atoms with Gasteiger partial charge in [-0.2, -0.15) is 0 Å². The third-order valence-electron chi connectivity index (χ3n) is 4.06. The number of hydrogen-bond acceptors (Lipinski definition) is 1. The van der Waals surface area contributed by atoms with Crippen molar-refractivity contribution < 1.29 is 4.74 Å². The normalized spacial score (nSPS) is 44.8. The molecule has 2 rings (SSSR count). The molecular weight excluding hydrogens is 160 g/mol. The van der Waals surface area contributed by atoms with Crippen LogP contribution in [0.5, 0.6) is 0 Å². The van der Waals surface area contributed by atoms with Crippen molar-refractivity contribution in [1.29, 1.82) is 0 Å². The fraction of sp³-hybridized carbons (Fsp3) is 1.00. The predicted octanol–water partition coefficient (Wildman–Crippen LogP) is 3.10. The Bertz CT molecular complexity index is 167. The quantitative estimate of drug-likeness (QED) is 0.637. The number of hydrogen-bond donors (Lipinski definition) is 0. The van der Waals surface area contributed by atoms with Crippen LogP contribution in [-0.2, 0) is 4.74 Å². The molecule has 1 nitrogen and oxygen atoms in total. The zero-order valence-corrected chi connectivity index (χ0v) is 8.96. The van der Waals surface area contributed by atoms with Crippen molar-refractivity contribution in [1.82, 2.24) is 0 Å². The first-order chi connectivity index (χ1) is 6.29. The van der Waals surface area contributed by atoms with Crippen molar-refractivity contribution in [2.75, 3.05) is 13.7 Å². The average Bonchev–Trinajstić information content (AvgIpc) is 2.44. The summed E-state index contributed by atoms with van der Waals surface area (Å²) in [6.07, 6.45) is 7.34. The Morgan fingerprint density at radius 2 is 1.85 bits per heavy atom. The van der Waals surface area contributed by atoms with Crippen LogP contribution in [0.1, 0.15) is 39.0 Å². The Morgan fingerprint density at radius 1 is 1.08 bits per heavy atom. The van der Waals surface area contributed by atoms with Crippen molar-refractivity contribution in [3.8, 4) is 0 Å². The molecule has 2 fully saturated rings. The van der Waals surface area contributed by atoms with E-state index in [1.807, 2.05) is 7.11 Å². The summed E-state index contributed by atoms with van der Waals surface area (Å²) in [7, 11) is 1.84. The molecule has 2 aliphatic carbocycles. The highest BCUT2D eigenvalue weighted by molar-refractivity contribution is 4.87. The van der Waals surface area contributed by atoms with E-state index in [2.05, 4.69) is 6.92 Å². The topological polar surface area (TPSA) is 9.23 Å². The molecule has 0 N–H and O–H groups in total. The second-order valence-corrected chi connectivity index (χ2v) is 5.23. The van der Waals surface area contributed by atoms with E-state index in [1.165, 1.54) is 32.1 Å². The van der Waals surface area contributed by atoms with Gasteiger partial charge in [-0.1, -0.05) is 6.92 Å². The van der Waals surface area contributed by atoms with Crippen LogP contribution in [0.15, 0.2) is 0 Å². The number of methoxy groups -OCH3 is 1. The predicted molar refractivity (Wildman–Crippen MR) is 54.6 cm³/mol. The van der Waals surface area contributed by atoms with Crippen molar-refractivity contribution in [3.05, 3.63) is 0 Å². The highest BCUT2D eigenvalue weighted by atomic mass is 16.5. The molecule has 0 aromatic rings. The summed E-state index contributed by atoms with van der Waals surface area (Å²) in [6.45, 7) is 3.42. The SMILES string of the molecule is COCC1CCC2C[C@H](C)CC2C1. The minimum atomic E-state index is 0.872. The number of fused-ring (bicyclic) bond motifs is 1. The number of rotatable bonds is 2. The summed E-state index contributed by atoms with van der Waals surface area (Å²) >= 11 is 0. The van der Waals surface area contributed by atoms with Crippen LogP contribution in [-0.4, -0.2) is 13.7 Å². The standard InChI is InChI=1S/C12H22O/c1-9-5-11-4-3-10(8-13-2)7-12(11)6-9/h9-12H,3-8H2,1-2H3/t9-,10?,11?,12?/m0/s1. The fourth-order valence-electron chi connectivity index (χ4n) is 3.54. The second kappa shape index (κ2) is 4.00. The van der Waals surface area contributed by atoms with E-state index in [9.17, 15) is 0 Å². The summed E-state index contributed by atoms with van der Waals surface area (Å²) in [5, 5.41) is 0. The summed E-state index contributed by atoms with van der Waals surface area (Å²) in [5.41, 5.74) is 0. The first kappa shape index (κ1) is 9.51. The molecule has 0 aromatic carbocycles. The molecule has 3 unspecified atom stereocenters. The van der Waals surface area contributed by atoms with Crippen LogP contribution in [0.25, 0.3) is 0 Å². The molecular formula is C12H22O. The molecule has 76 valence electrons. The maximum atomic E-state index is 5.26. The molecule has 13 heavy (non-hydrogen) atoms. The zero-order valence-electron chi connectivity index (χ0n) is 8.96. The highest BCUT2D eigenvalue weighted by Crippen LogP contribution is 2.46. The lowest BCUT2D eigenvalue weighted by Crippen LogP contribution is -2.23. The molecule has 1 heteroatoms. The average molecular weight is 182 g/mol. The van der Waals surface area contributed by atoms with Gasteiger partial charge in [0.15, 0.2) is 0 Å². The highest BCUT2D eigenvalue weighted by Gasteiger charge is 2.36. The van der Waals surface area contributed by atoms with Crippen LogP contribution >= 0.6 is 0 Å². The van der Waals surface area contributed by atoms with Crippen molar-refractivity contribution >= 4 is 0 Å². The van der Waals surface area contributed by atoms with Crippen LogP contribution in [0.2, 0.25) is 0 Å². The van der Waals surface area contributed by atoms with Gasteiger partial charge in [-0.3, -0.25) is 0 Å². The largest absolute Gasteiger partial charge is 0.384 e. The fourth-order valence-corrected chi connectivity index (χ4v) is 3.54. The van der Waals surface area contributed by atoms with Gasteiger partial charge in [0, 0.05) is 13.7 Å². The van der Waals surface area contributed by atoms with Crippen LogP contribution < -0.4 is 0 Å². The van der Waals surface area contributed by atoms with E-state index in [1.54, 1.807) is 0 Å². The molecule has 4 atom stereocenters. The lowest BCUT2D eigenvalue weighted by molar-refractivity contribution is 0.0994. The van der Waals surface area contributed by atoms with Gasteiger partial charge in [0.1, 0.15) is 0 Å². The number of ether oxygens (including phenoxy) is 1. The van der Waals surface area contributed by atoms with Crippen LogP contribution in [0.4, 0.5) is 0 Å². The van der Waals surface area contributed by atoms with Crippen molar-refractivity contribution in [3.63, 3.8) is 0 Å². The lowest BCUT2D eigenvalue weighted by atomic mass is 9.76. The molecule has 0 bridgehead atoms. The third kappa shape index (κ3) is 2.07. The van der Waals surface area contributed by atoms with Gasteiger partial charge in [0.25, 0.3) is 0 Å². The van der Waals surface area contributed by atoms with E-state index in [0.717, 1.165) is 30.3 Å². The molecule has 0 amide bonds. The van der Waals surface area contributed by atoms with Gasteiger partial charge in [-0.05, 0) is 55.8 Å². The van der Waals surface area contributed by atoms with E-state index < -0.39 is 0 Å². The van der Waals surface area contributed by atoms with E-state index >= 15 is 0 Å². The van der Waals surface area contributed by atoms with E-state index in [0.29, 0.717) is 0 Å². The Hall–Kier alpha value is -0.0400. The second-order valence-electron chi connectivity index (χ2n) is 5.23.